The highest BCUT2D eigenvalue weighted by Gasteiger charge is 2.42. The van der Waals surface area contributed by atoms with Gasteiger partial charge in [-0.2, -0.15) is 0 Å². The number of unbranched alkanes of at least 4 members (excludes halogenated alkanes) is 1. The Hall–Kier alpha value is -2.15. The van der Waals surface area contributed by atoms with Gasteiger partial charge in [0.15, 0.2) is 0 Å². The molecule has 1 heterocycles. The van der Waals surface area contributed by atoms with Crippen molar-refractivity contribution in [2.45, 2.75) is 89.8 Å². The Morgan fingerprint density at radius 1 is 0.971 bits per heavy atom. The number of nitrogens with zero attached hydrogens (tertiary/aromatic N) is 1. The highest BCUT2D eigenvalue weighted by atomic mass is 16.6. The van der Waals surface area contributed by atoms with Crippen molar-refractivity contribution in [1.82, 2.24) is 20.9 Å². The molecule has 0 aromatic heterocycles. The lowest BCUT2D eigenvalue weighted by Gasteiger charge is -2.47. The number of ether oxygens (including phenoxy) is 2. The first-order chi connectivity index (χ1) is 16.0. The van der Waals surface area contributed by atoms with Gasteiger partial charge in [0.2, 0.25) is 5.91 Å². The number of carbonyl (C=O) groups excluding carboxylic acids is 3. The van der Waals surface area contributed by atoms with E-state index in [0.29, 0.717) is 25.8 Å². The number of aliphatic hydroxyl groups excluding tert-OH is 1. The molecule has 12 nitrogen and oxygen atoms in total. The van der Waals surface area contributed by atoms with Crippen LogP contribution in [0.5, 0.6) is 0 Å². The van der Waals surface area contributed by atoms with Gasteiger partial charge in [-0.15, -0.1) is 0 Å². The number of aliphatic hydroxyl groups is 2. The van der Waals surface area contributed by atoms with Crippen LogP contribution in [0.15, 0.2) is 0 Å². The average molecular weight is 504 g/mol. The van der Waals surface area contributed by atoms with E-state index in [1.54, 1.807) is 41.5 Å². The fourth-order valence-corrected chi connectivity index (χ4v) is 3.41. The summed E-state index contributed by atoms with van der Waals surface area (Å²) >= 11 is 0. The van der Waals surface area contributed by atoms with Crippen LogP contribution in [0, 0.1) is 0 Å². The quantitative estimate of drug-likeness (QED) is 0.201. The van der Waals surface area contributed by atoms with Gasteiger partial charge in [0, 0.05) is 39.3 Å². The van der Waals surface area contributed by atoms with Crippen LogP contribution in [-0.4, -0.2) is 101 Å². The van der Waals surface area contributed by atoms with Crippen molar-refractivity contribution in [3.05, 3.63) is 0 Å². The molecule has 0 aromatic rings. The third kappa shape index (κ3) is 14.1. The molecular weight excluding hydrogens is 458 g/mol. The first kappa shape index (κ1) is 30.9. The van der Waals surface area contributed by atoms with Crippen molar-refractivity contribution in [2.75, 3.05) is 39.3 Å². The van der Waals surface area contributed by atoms with Crippen molar-refractivity contribution in [3.63, 3.8) is 0 Å². The summed E-state index contributed by atoms with van der Waals surface area (Å²) in [5, 5.41) is 28.5. The number of likely N-dealkylation sites (tertiary alicyclic amines) is 1. The molecule has 0 aromatic carbocycles. The minimum absolute atomic E-state index is 0.0305. The van der Waals surface area contributed by atoms with E-state index < -0.39 is 41.1 Å². The summed E-state index contributed by atoms with van der Waals surface area (Å²) in [5.41, 5.74) is 3.67. The molecule has 2 atom stereocenters. The highest BCUT2D eigenvalue weighted by Crippen LogP contribution is 2.20. The standard InChI is InChI=1S/C23H45N5O7/c1-21(2,3)34-19(31)25-10-8-7-9-17(24)18(30)27-13-23(33)14-28(15-23)12-16(29)11-26-20(32)35-22(4,5)6/h16-17,29,33H,7-15,24H2,1-6H3,(H,25,31)(H,26,32)(H,27,30)/t16-,17+/m1/s1. The molecule has 12 heteroatoms. The summed E-state index contributed by atoms with van der Waals surface area (Å²) in [6, 6.07) is -0.711. The first-order valence-corrected chi connectivity index (χ1v) is 12.1. The molecule has 35 heavy (non-hydrogen) atoms. The maximum Gasteiger partial charge on any atom is 0.407 e. The maximum absolute atomic E-state index is 12.2. The Kier molecular flexibility index (Phi) is 11.7. The largest absolute Gasteiger partial charge is 0.444 e. The summed E-state index contributed by atoms with van der Waals surface area (Å²) in [6.07, 6.45) is -0.144. The predicted octanol–water partition coefficient (Wildman–Crippen LogP) is 0.0572. The van der Waals surface area contributed by atoms with Crippen LogP contribution >= 0.6 is 0 Å². The van der Waals surface area contributed by atoms with Gasteiger partial charge in [0.1, 0.15) is 16.8 Å². The SMILES string of the molecule is CC(C)(C)OC(=O)NCCCC[C@H](N)C(=O)NCC1(O)CN(C[C@H](O)CNC(=O)OC(C)(C)C)C1. The van der Waals surface area contributed by atoms with Gasteiger partial charge in [-0.1, -0.05) is 0 Å². The molecule has 0 spiro atoms. The molecule has 0 radical (unpaired) electrons. The topological polar surface area (TPSA) is 175 Å². The number of hydrogen-bond acceptors (Lipinski definition) is 9. The Morgan fingerprint density at radius 2 is 1.51 bits per heavy atom. The highest BCUT2D eigenvalue weighted by molar-refractivity contribution is 5.81. The molecule has 1 aliphatic heterocycles. The van der Waals surface area contributed by atoms with E-state index in [4.69, 9.17) is 15.2 Å². The van der Waals surface area contributed by atoms with Gasteiger partial charge in [-0.25, -0.2) is 9.59 Å². The van der Waals surface area contributed by atoms with Crippen molar-refractivity contribution in [3.8, 4) is 0 Å². The van der Waals surface area contributed by atoms with Gasteiger partial charge in [0.25, 0.3) is 0 Å². The second-order valence-corrected chi connectivity index (χ2v) is 11.2. The summed E-state index contributed by atoms with van der Waals surface area (Å²) in [4.78, 5) is 37.3. The molecule has 1 saturated heterocycles. The van der Waals surface area contributed by atoms with E-state index in [1.165, 1.54) is 0 Å². The van der Waals surface area contributed by atoms with Crippen molar-refractivity contribution >= 4 is 18.1 Å². The lowest BCUT2D eigenvalue weighted by atomic mass is 9.93. The summed E-state index contributed by atoms with van der Waals surface area (Å²) in [5.74, 6) is -0.349. The molecule has 3 amide bonds. The number of carbonyl (C=O) groups is 3. The molecule has 0 unspecified atom stereocenters. The smallest absolute Gasteiger partial charge is 0.407 e. The number of nitrogens with two attached hydrogens (primary N) is 1. The van der Waals surface area contributed by atoms with E-state index in [-0.39, 0.29) is 38.6 Å². The number of nitrogens with one attached hydrogen (secondary N) is 3. The number of β-amino-alcohol motifs (C(OH)–C–C–N with tert-alkyl or cyclic N) is 2. The number of alkyl carbamates (subject to hydrolysis) is 2. The molecule has 1 rings (SSSR count). The summed E-state index contributed by atoms with van der Waals surface area (Å²) in [6.45, 7) is 12.0. The van der Waals surface area contributed by atoms with Crippen LogP contribution in [0.2, 0.25) is 0 Å². The zero-order valence-electron chi connectivity index (χ0n) is 22.0. The van der Waals surface area contributed by atoms with Gasteiger partial charge in [-0.05, 0) is 60.8 Å². The second kappa shape index (κ2) is 13.2. The fraction of sp³-hybridized carbons (Fsp3) is 0.870. The van der Waals surface area contributed by atoms with Gasteiger partial charge in [0.05, 0.1) is 12.1 Å². The van der Waals surface area contributed by atoms with Crippen molar-refractivity contribution < 1.29 is 34.1 Å². The Balaban J connectivity index is 2.16. The summed E-state index contributed by atoms with van der Waals surface area (Å²) in [7, 11) is 0. The fourth-order valence-electron chi connectivity index (χ4n) is 3.41. The van der Waals surface area contributed by atoms with Crippen LogP contribution in [0.4, 0.5) is 9.59 Å². The van der Waals surface area contributed by atoms with Crippen LogP contribution in [0.25, 0.3) is 0 Å². The normalized spacial score (nSPS) is 17.5. The third-order valence-electron chi connectivity index (χ3n) is 4.92. The number of rotatable bonds is 12. The van der Waals surface area contributed by atoms with Crippen molar-refractivity contribution in [1.29, 1.82) is 0 Å². The van der Waals surface area contributed by atoms with E-state index in [2.05, 4.69) is 16.0 Å². The van der Waals surface area contributed by atoms with E-state index in [9.17, 15) is 24.6 Å². The van der Waals surface area contributed by atoms with Crippen LogP contribution in [0.1, 0.15) is 60.8 Å². The maximum atomic E-state index is 12.2. The summed E-state index contributed by atoms with van der Waals surface area (Å²) < 4.78 is 10.3. The molecule has 0 saturated carbocycles. The molecule has 1 aliphatic rings. The Morgan fingerprint density at radius 3 is 2.06 bits per heavy atom. The Bertz CT molecular complexity index is 699. The van der Waals surface area contributed by atoms with Crippen LogP contribution < -0.4 is 21.7 Å². The van der Waals surface area contributed by atoms with Gasteiger partial charge in [-0.3, -0.25) is 9.69 Å². The zero-order chi connectivity index (χ0) is 26.9. The minimum Gasteiger partial charge on any atom is -0.444 e. The molecule has 1 fully saturated rings. The lowest BCUT2D eigenvalue weighted by Crippen LogP contribution is -2.68. The second-order valence-electron chi connectivity index (χ2n) is 11.2. The molecular formula is C23H45N5O7. The zero-order valence-corrected chi connectivity index (χ0v) is 22.0. The van der Waals surface area contributed by atoms with Gasteiger partial charge < -0.3 is 41.4 Å². The molecule has 7 N–H and O–H groups in total. The van der Waals surface area contributed by atoms with Gasteiger partial charge >= 0.3 is 12.2 Å². The average Bonchev–Trinajstić information content (AvgIpc) is 2.66. The Labute approximate surface area is 208 Å². The molecule has 0 aliphatic carbocycles. The number of amides is 3. The van der Waals surface area contributed by atoms with Crippen LogP contribution in [0.3, 0.4) is 0 Å². The van der Waals surface area contributed by atoms with E-state index in [1.807, 2.05) is 4.90 Å². The van der Waals surface area contributed by atoms with Crippen LogP contribution in [-0.2, 0) is 14.3 Å². The predicted molar refractivity (Wildman–Crippen MR) is 131 cm³/mol. The lowest BCUT2D eigenvalue weighted by molar-refractivity contribution is -0.130. The van der Waals surface area contributed by atoms with E-state index >= 15 is 0 Å². The van der Waals surface area contributed by atoms with E-state index in [0.717, 1.165) is 0 Å². The number of hydrogen-bond donors (Lipinski definition) is 6. The molecule has 204 valence electrons. The third-order valence-corrected chi connectivity index (χ3v) is 4.92. The van der Waals surface area contributed by atoms with Crippen molar-refractivity contribution in [2.24, 2.45) is 5.73 Å². The minimum atomic E-state index is -1.09. The first-order valence-electron chi connectivity index (χ1n) is 12.1. The molecule has 0 bridgehead atoms. The monoisotopic (exact) mass is 503 g/mol.